The fourth-order valence-corrected chi connectivity index (χ4v) is 4.76. The topological polar surface area (TPSA) is 79.1 Å². The Hall–Kier alpha value is -3.91. The second kappa shape index (κ2) is 11.0. The lowest BCUT2D eigenvalue weighted by Crippen LogP contribution is -2.23. The Morgan fingerprint density at radius 3 is 2.23 bits per heavy atom. The van der Waals surface area contributed by atoms with Crippen molar-refractivity contribution < 1.29 is 23.8 Å². The molecule has 180 valence electrons. The van der Waals surface area contributed by atoms with Crippen molar-refractivity contribution in [3.8, 4) is 11.5 Å². The van der Waals surface area contributed by atoms with Gasteiger partial charge in [0.05, 0.1) is 31.0 Å². The minimum Gasteiger partial charge on any atom is -0.493 e. The number of hydrogen-bond acceptors (Lipinski definition) is 6. The zero-order chi connectivity index (χ0) is 24.8. The van der Waals surface area contributed by atoms with E-state index < -0.39 is 5.97 Å². The van der Waals surface area contributed by atoms with Crippen LogP contribution in [0, 0.1) is 0 Å². The number of aromatic nitrogens is 1. The number of esters is 1. The molecule has 0 aliphatic heterocycles. The van der Waals surface area contributed by atoms with Gasteiger partial charge in [0.25, 0.3) is 5.91 Å². The van der Waals surface area contributed by atoms with Crippen LogP contribution in [0.5, 0.6) is 11.5 Å². The molecule has 1 aromatic heterocycles. The Morgan fingerprint density at radius 1 is 0.914 bits per heavy atom. The molecule has 0 atom stereocenters. The molecule has 0 unspecified atom stereocenters. The molecule has 0 bridgehead atoms. The summed E-state index contributed by atoms with van der Waals surface area (Å²) in [5.41, 5.74) is 3.47. The van der Waals surface area contributed by atoms with Gasteiger partial charge in [-0.25, -0.2) is 0 Å². The summed E-state index contributed by atoms with van der Waals surface area (Å²) < 4.78 is 18.4. The third kappa shape index (κ3) is 5.60. The van der Waals surface area contributed by atoms with E-state index in [1.165, 1.54) is 16.9 Å². The monoisotopic (exact) mass is 490 g/mol. The standard InChI is InChI=1S/C27H26N2O5S/c1-4-34-25(30)17-29-21-15-22(32-2)23(33-3)16-24(21)35-27(29)28-26(31)20-12-10-19(11-13-20)14-18-8-6-5-7-9-18/h5-13,15-16H,4,14,17H2,1-3H3. The minimum absolute atomic E-state index is 0.0779. The summed E-state index contributed by atoms with van der Waals surface area (Å²) in [6.07, 6.45) is 0.784. The number of hydrogen-bond donors (Lipinski definition) is 0. The van der Waals surface area contributed by atoms with Crippen molar-refractivity contribution in [1.82, 2.24) is 4.57 Å². The normalized spacial score (nSPS) is 11.5. The molecule has 0 N–H and O–H groups in total. The van der Waals surface area contributed by atoms with Crippen molar-refractivity contribution in [2.24, 2.45) is 4.99 Å². The lowest BCUT2D eigenvalue weighted by atomic mass is 10.0. The van der Waals surface area contributed by atoms with Gasteiger partial charge in [0.15, 0.2) is 16.3 Å². The number of ether oxygens (including phenoxy) is 3. The molecule has 8 heteroatoms. The number of benzene rings is 3. The summed E-state index contributed by atoms with van der Waals surface area (Å²) in [5, 5.41) is 0. The molecule has 0 saturated carbocycles. The average molecular weight is 491 g/mol. The minimum atomic E-state index is -0.416. The SMILES string of the molecule is CCOC(=O)Cn1c(=NC(=O)c2ccc(Cc3ccccc3)cc2)sc2cc(OC)c(OC)cc21. The molecule has 3 aromatic carbocycles. The summed E-state index contributed by atoms with van der Waals surface area (Å²) in [4.78, 5) is 30.1. The van der Waals surface area contributed by atoms with Crippen LogP contribution in [0.3, 0.4) is 0 Å². The first-order valence-electron chi connectivity index (χ1n) is 11.1. The maximum atomic E-state index is 13.0. The molecule has 0 fully saturated rings. The van der Waals surface area contributed by atoms with E-state index in [1.54, 1.807) is 43.9 Å². The van der Waals surface area contributed by atoms with Crippen molar-refractivity contribution in [2.45, 2.75) is 19.9 Å². The van der Waals surface area contributed by atoms with Crippen LogP contribution in [-0.2, 0) is 22.5 Å². The third-order valence-electron chi connectivity index (χ3n) is 5.43. The van der Waals surface area contributed by atoms with Gasteiger partial charge < -0.3 is 18.8 Å². The molecule has 0 aliphatic carbocycles. The van der Waals surface area contributed by atoms with E-state index in [-0.39, 0.29) is 19.1 Å². The summed E-state index contributed by atoms with van der Waals surface area (Å²) in [5.74, 6) is 0.263. The molecule has 0 radical (unpaired) electrons. The zero-order valence-electron chi connectivity index (χ0n) is 19.8. The van der Waals surface area contributed by atoms with E-state index in [4.69, 9.17) is 14.2 Å². The number of rotatable bonds is 8. The summed E-state index contributed by atoms with van der Waals surface area (Å²) >= 11 is 1.29. The average Bonchev–Trinajstić information content (AvgIpc) is 3.19. The maximum Gasteiger partial charge on any atom is 0.326 e. The molecule has 4 rings (SSSR count). The number of carbonyl (C=O) groups is 2. The van der Waals surface area contributed by atoms with E-state index >= 15 is 0 Å². The highest BCUT2D eigenvalue weighted by Crippen LogP contribution is 2.33. The van der Waals surface area contributed by atoms with E-state index in [1.807, 2.05) is 36.4 Å². The largest absolute Gasteiger partial charge is 0.493 e. The molecular formula is C27H26N2O5S. The Balaban J connectivity index is 1.70. The van der Waals surface area contributed by atoms with Gasteiger partial charge in [-0.15, -0.1) is 0 Å². The number of amides is 1. The van der Waals surface area contributed by atoms with Gasteiger partial charge in [0, 0.05) is 17.7 Å². The van der Waals surface area contributed by atoms with Crippen molar-refractivity contribution in [3.63, 3.8) is 0 Å². The van der Waals surface area contributed by atoms with Crippen molar-refractivity contribution >= 4 is 33.4 Å². The molecular weight excluding hydrogens is 464 g/mol. The maximum absolute atomic E-state index is 13.0. The van der Waals surface area contributed by atoms with Crippen LogP contribution in [0.15, 0.2) is 71.7 Å². The van der Waals surface area contributed by atoms with Gasteiger partial charge >= 0.3 is 5.97 Å². The van der Waals surface area contributed by atoms with Crippen molar-refractivity contribution in [1.29, 1.82) is 0 Å². The molecule has 0 spiro atoms. The number of fused-ring (bicyclic) bond motifs is 1. The van der Waals surface area contributed by atoms with Crippen LogP contribution in [0.1, 0.15) is 28.4 Å². The molecule has 35 heavy (non-hydrogen) atoms. The van der Waals surface area contributed by atoms with E-state index in [9.17, 15) is 9.59 Å². The Kier molecular flexibility index (Phi) is 7.62. The first-order valence-corrected chi connectivity index (χ1v) is 12.0. The Labute approximate surface area is 207 Å². The lowest BCUT2D eigenvalue weighted by Gasteiger charge is -2.09. The quantitative estimate of drug-likeness (QED) is 0.337. The van der Waals surface area contributed by atoms with Gasteiger partial charge in [0.1, 0.15) is 6.54 Å². The van der Waals surface area contributed by atoms with E-state index in [0.717, 1.165) is 16.7 Å². The van der Waals surface area contributed by atoms with E-state index in [0.29, 0.717) is 27.4 Å². The van der Waals surface area contributed by atoms with Crippen LogP contribution in [-0.4, -0.2) is 37.3 Å². The number of methoxy groups -OCH3 is 2. The fourth-order valence-electron chi connectivity index (χ4n) is 3.72. The predicted molar refractivity (Wildman–Crippen MR) is 135 cm³/mol. The smallest absolute Gasteiger partial charge is 0.326 e. The van der Waals surface area contributed by atoms with Crippen LogP contribution in [0.4, 0.5) is 0 Å². The van der Waals surface area contributed by atoms with Crippen LogP contribution >= 0.6 is 11.3 Å². The van der Waals surface area contributed by atoms with Crippen molar-refractivity contribution in [2.75, 3.05) is 20.8 Å². The van der Waals surface area contributed by atoms with Gasteiger partial charge in [-0.2, -0.15) is 4.99 Å². The molecule has 0 aliphatic rings. The number of nitrogens with zero attached hydrogens (tertiary/aromatic N) is 2. The number of thiazole rings is 1. The van der Waals surface area contributed by atoms with Crippen molar-refractivity contribution in [3.05, 3.63) is 88.2 Å². The van der Waals surface area contributed by atoms with E-state index in [2.05, 4.69) is 17.1 Å². The highest BCUT2D eigenvalue weighted by atomic mass is 32.1. The molecule has 1 amide bonds. The van der Waals surface area contributed by atoms with Gasteiger partial charge in [-0.05, 0) is 36.6 Å². The summed E-state index contributed by atoms with van der Waals surface area (Å²) in [6, 6.07) is 21.1. The zero-order valence-corrected chi connectivity index (χ0v) is 20.6. The number of carbonyl (C=O) groups excluding carboxylic acids is 2. The molecule has 7 nitrogen and oxygen atoms in total. The lowest BCUT2D eigenvalue weighted by molar-refractivity contribution is -0.143. The molecule has 1 heterocycles. The summed E-state index contributed by atoms with van der Waals surface area (Å²) in [6.45, 7) is 1.93. The third-order valence-corrected chi connectivity index (χ3v) is 6.47. The Morgan fingerprint density at radius 2 is 1.57 bits per heavy atom. The molecule has 0 saturated heterocycles. The second-order valence-electron chi connectivity index (χ2n) is 7.73. The van der Waals surface area contributed by atoms with Crippen LogP contribution in [0.25, 0.3) is 10.2 Å². The Bertz CT molecular complexity index is 1410. The second-order valence-corrected chi connectivity index (χ2v) is 8.74. The first kappa shape index (κ1) is 24.2. The fraction of sp³-hybridized carbons (Fsp3) is 0.222. The predicted octanol–water partition coefficient (Wildman–Crippen LogP) is 4.62. The molecule has 4 aromatic rings. The van der Waals surface area contributed by atoms with Gasteiger partial charge in [-0.3, -0.25) is 9.59 Å². The van der Waals surface area contributed by atoms with Gasteiger partial charge in [-0.1, -0.05) is 53.8 Å². The van der Waals surface area contributed by atoms with Gasteiger partial charge in [0.2, 0.25) is 0 Å². The highest BCUT2D eigenvalue weighted by molar-refractivity contribution is 7.16. The highest BCUT2D eigenvalue weighted by Gasteiger charge is 2.16. The van der Waals surface area contributed by atoms with Crippen LogP contribution < -0.4 is 14.3 Å². The summed E-state index contributed by atoms with van der Waals surface area (Å²) in [7, 11) is 3.10. The first-order chi connectivity index (χ1) is 17.0. The van der Waals surface area contributed by atoms with Crippen LogP contribution in [0.2, 0.25) is 0 Å².